The Morgan fingerprint density at radius 1 is 1.23 bits per heavy atom. The fourth-order valence-electron chi connectivity index (χ4n) is 3.75. The summed E-state index contributed by atoms with van der Waals surface area (Å²) in [4.78, 5) is 17.0. The maximum absolute atomic E-state index is 13.5. The minimum absolute atomic E-state index is 0.0385. The summed E-state index contributed by atoms with van der Waals surface area (Å²) >= 11 is 0. The molecule has 1 fully saturated rings. The molecule has 0 aromatic carbocycles. The number of carbonyl (C=O) groups is 1. The van der Waals surface area contributed by atoms with E-state index in [0.717, 1.165) is 44.2 Å². The number of aromatic nitrogens is 5. The van der Waals surface area contributed by atoms with Gasteiger partial charge in [0.1, 0.15) is 5.56 Å². The monoisotopic (exact) mass is 432 g/mol. The maximum Gasteiger partial charge on any atom is 0.284 e. The van der Waals surface area contributed by atoms with Crippen molar-refractivity contribution in [3.05, 3.63) is 41.6 Å². The van der Waals surface area contributed by atoms with Gasteiger partial charge >= 0.3 is 0 Å². The second kappa shape index (κ2) is 10.5. The van der Waals surface area contributed by atoms with E-state index in [2.05, 4.69) is 34.3 Å². The second-order valence-electron chi connectivity index (χ2n) is 7.75. The molecule has 1 aliphatic carbocycles. The lowest BCUT2D eigenvalue weighted by Gasteiger charge is -2.21. The molecule has 3 aromatic rings. The molecule has 3 aromatic heterocycles. The number of nitrogens with zero attached hydrogens (tertiary/aromatic N) is 5. The van der Waals surface area contributed by atoms with Crippen molar-refractivity contribution >= 4 is 17.2 Å². The molecule has 0 radical (unpaired) electrons. The van der Waals surface area contributed by atoms with Gasteiger partial charge in [0.05, 0.1) is 17.9 Å². The Labute approximate surface area is 180 Å². The molecule has 0 saturated heterocycles. The zero-order chi connectivity index (χ0) is 22.4. The van der Waals surface area contributed by atoms with Crippen LogP contribution >= 0.6 is 0 Å². The molecule has 1 saturated carbocycles. The van der Waals surface area contributed by atoms with E-state index in [1.807, 2.05) is 13.0 Å². The average molecular weight is 433 g/mol. The third kappa shape index (κ3) is 5.08. The molecular weight excluding hydrogens is 402 g/mol. The summed E-state index contributed by atoms with van der Waals surface area (Å²) in [5.41, 5.74) is 1.17. The van der Waals surface area contributed by atoms with E-state index < -0.39 is 18.0 Å². The maximum atomic E-state index is 13.5. The van der Waals surface area contributed by atoms with E-state index in [1.165, 1.54) is 18.8 Å². The van der Waals surface area contributed by atoms with Gasteiger partial charge in [0.15, 0.2) is 11.3 Å². The topological polar surface area (TPSA) is 77.1 Å². The first-order valence-corrected chi connectivity index (χ1v) is 11.0. The van der Waals surface area contributed by atoms with Crippen LogP contribution in [0.3, 0.4) is 0 Å². The number of carbonyl (C=O) groups excluding carboxylic acids is 1. The Balaban J connectivity index is 0.000000858. The standard InChI is InChI=1S/C19H22F2N6O.C3H8/c1-2-12-8-9-22-18-14(10-23-27(12)18)19(28)24-15-11-26(25-16(15)17(20)21)13-6-4-3-5-7-13;1-3-2/h8-11,13,17H,2-7H2,1H3,(H,24,28);3H2,1-2H3. The van der Waals surface area contributed by atoms with E-state index in [4.69, 9.17) is 0 Å². The molecule has 1 N–H and O–H groups in total. The lowest BCUT2D eigenvalue weighted by Crippen LogP contribution is -2.14. The van der Waals surface area contributed by atoms with Gasteiger partial charge < -0.3 is 5.32 Å². The van der Waals surface area contributed by atoms with Crippen molar-refractivity contribution in [3.8, 4) is 0 Å². The fourth-order valence-corrected chi connectivity index (χ4v) is 3.75. The Bertz CT molecular complexity index is 1010. The van der Waals surface area contributed by atoms with Crippen molar-refractivity contribution in [1.82, 2.24) is 24.4 Å². The highest BCUT2D eigenvalue weighted by atomic mass is 19.3. The van der Waals surface area contributed by atoms with Crippen molar-refractivity contribution in [3.63, 3.8) is 0 Å². The van der Waals surface area contributed by atoms with Gasteiger partial charge in [0.2, 0.25) is 0 Å². The number of halogens is 2. The van der Waals surface area contributed by atoms with Crippen LogP contribution in [0.5, 0.6) is 0 Å². The smallest absolute Gasteiger partial charge is 0.284 e. The number of nitrogens with one attached hydrogen (secondary N) is 1. The van der Waals surface area contributed by atoms with Gasteiger partial charge in [-0.25, -0.2) is 18.3 Å². The molecule has 31 heavy (non-hydrogen) atoms. The minimum atomic E-state index is -2.77. The largest absolute Gasteiger partial charge is 0.319 e. The third-order valence-corrected chi connectivity index (χ3v) is 5.25. The van der Waals surface area contributed by atoms with E-state index in [-0.39, 0.29) is 17.3 Å². The summed E-state index contributed by atoms with van der Waals surface area (Å²) in [6.45, 7) is 6.23. The summed E-state index contributed by atoms with van der Waals surface area (Å²) in [5, 5.41) is 10.9. The zero-order valence-corrected chi connectivity index (χ0v) is 18.3. The van der Waals surface area contributed by atoms with Crippen LogP contribution in [0.2, 0.25) is 0 Å². The van der Waals surface area contributed by atoms with Gasteiger partial charge in [0.25, 0.3) is 12.3 Å². The van der Waals surface area contributed by atoms with Crippen LogP contribution in [-0.4, -0.2) is 30.3 Å². The van der Waals surface area contributed by atoms with E-state index >= 15 is 0 Å². The van der Waals surface area contributed by atoms with Gasteiger partial charge in [-0.2, -0.15) is 10.2 Å². The number of fused-ring (bicyclic) bond motifs is 1. The lowest BCUT2D eigenvalue weighted by atomic mass is 9.96. The van der Waals surface area contributed by atoms with Crippen molar-refractivity contribution in [2.24, 2.45) is 0 Å². The first kappa shape index (κ1) is 22.8. The lowest BCUT2D eigenvalue weighted by molar-refractivity contribution is 0.102. The molecular formula is C22H30F2N6O. The number of amides is 1. The molecule has 168 valence electrons. The van der Waals surface area contributed by atoms with Crippen LogP contribution in [0.1, 0.15) is 93.5 Å². The first-order chi connectivity index (χ1) is 15.0. The molecule has 0 aliphatic heterocycles. The van der Waals surface area contributed by atoms with Crippen molar-refractivity contribution < 1.29 is 13.6 Å². The quantitative estimate of drug-likeness (QED) is 0.569. The highest BCUT2D eigenvalue weighted by Crippen LogP contribution is 2.32. The molecule has 0 atom stereocenters. The first-order valence-electron chi connectivity index (χ1n) is 11.0. The molecule has 9 heteroatoms. The van der Waals surface area contributed by atoms with Crippen LogP contribution in [0.25, 0.3) is 5.65 Å². The molecule has 0 bridgehead atoms. The molecule has 3 heterocycles. The Kier molecular flexibility index (Phi) is 7.70. The number of rotatable bonds is 5. The summed E-state index contributed by atoms with van der Waals surface area (Å²) in [6.07, 6.45) is 8.85. The number of aryl methyl sites for hydroxylation is 1. The van der Waals surface area contributed by atoms with E-state index in [9.17, 15) is 13.6 Å². The van der Waals surface area contributed by atoms with Crippen molar-refractivity contribution in [2.45, 2.75) is 78.2 Å². The Morgan fingerprint density at radius 3 is 2.58 bits per heavy atom. The van der Waals surface area contributed by atoms with Crippen LogP contribution in [0.15, 0.2) is 24.7 Å². The predicted molar refractivity (Wildman–Crippen MR) is 116 cm³/mol. The summed E-state index contributed by atoms with van der Waals surface area (Å²) in [7, 11) is 0. The van der Waals surface area contributed by atoms with Gasteiger partial charge in [-0.05, 0) is 25.3 Å². The van der Waals surface area contributed by atoms with Crippen LogP contribution in [0, 0.1) is 0 Å². The molecule has 4 rings (SSSR count). The van der Waals surface area contributed by atoms with Crippen LogP contribution < -0.4 is 5.32 Å². The zero-order valence-electron chi connectivity index (χ0n) is 18.3. The van der Waals surface area contributed by atoms with Crippen LogP contribution in [-0.2, 0) is 6.42 Å². The van der Waals surface area contributed by atoms with Crippen molar-refractivity contribution in [1.29, 1.82) is 0 Å². The average Bonchev–Trinajstić information content (AvgIpc) is 3.39. The number of alkyl halides is 2. The van der Waals surface area contributed by atoms with Crippen molar-refractivity contribution in [2.75, 3.05) is 5.32 Å². The summed E-state index contributed by atoms with van der Waals surface area (Å²) < 4.78 is 30.2. The van der Waals surface area contributed by atoms with E-state index in [0.29, 0.717) is 5.65 Å². The second-order valence-corrected chi connectivity index (χ2v) is 7.75. The molecule has 0 spiro atoms. The minimum Gasteiger partial charge on any atom is -0.319 e. The highest BCUT2D eigenvalue weighted by molar-refractivity contribution is 6.08. The number of anilines is 1. The van der Waals surface area contributed by atoms with Gasteiger partial charge in [-0.3, -0.25) is 9.48 Å². The van der Waals surface area contributed by atoms with E-state index in [1.54, 1.807) is 15.4 Å². The Hall–Kier alpha value is -2.84. The SMILES string of the molecule is CCC.CCc1ccnc2c(C(=O)Nc3cn(C4CCCCC4)nc3C(F)F)cnn12. The highest BCUT2D eigenvalue weighted by Gasteiger charge is 2.25. The molecule has 7 nitrogen and oxygen atoms in total. The number of hydrogen-bond acceptors (Lipinski definition) is 4. The molecule has 1 aliphatic rings. The van der Waals surface area contributed by atoms with Gasteiger partial charge in [-0.1, -0.05) is 46.5 Å². The van der Waals surface area contributed by atoms with Gasteiger partial charge in [0, 0.05) is 18.1 Å². The normalized spacial score (nSPS) is 14.5. The summed E-state index contributed by atoms with van der Waals surface area (Å²) in [6, 6.07) is 1.92. The van der Waals surface area contributed by atoms with Gasteiger partial charge in [-0.15, -0.1) is 0 Å². The number of hydrogen-bond donors (Lipinski definition) is 1. The third-order valence-electron chi connectivity index (χ3n) is 5.25. The molecule has 0 unspecified atom stereocenters. The molecule has 1 amide bonds. The summed E-state index contributed by atoms with van der Waals surface area (Å²) in [5.74, 6) is -0.527. The fraction of sp³-hybridized carbons (Fsp3) is 0.545. The Morgan fingerprint density at radius 2 is 1.94 bits per heavy atom. The van der Waals surface area contributed by atoms with Crippen LogP contribution in [0.4, 0.5) is 14.5 Å². The predicted octanol–water partition coefficient (Wildman–Crippen LogP) is 5.60.